The second-order valence-corrected chi connectivity index (χ2v) is 8.06. The number of carbonyl (C=O) groups excluding carboxylic acids is 1. The van der Waals surface area contributed by atoms with Gasteiger partial charge >= 0.3 is 5.97 Å². The highest BCUT2D eigenvalue weighted by atomic mass is 16.4. The van der Waals surface area contributed by atoms with Gasteiger partial charge in [0.05, 0.1) is 5.69 Å². The third-order valence-electron chi connectivity index (χ3n) is 5.57. The van der Waals surface area contributed by atoms with Gasteiger partial charge in [0.15, 0.2) is 11.8 Å². The Morgan fingerprint density at radius 2 is 1.44 bits per heavy atom. The Morgan fingerprint density at radius 3 is 2.06 bits per heavy atom. The van der Waals surface area contributed by atoms with Crippen LogP contribution in [0.1, 0.15) is 22.5 Å². The Labute approximate surface area is 197 Å². The number of hydrogen-bond acceptors (Lipinski definition) is 4. The summed E-state index contributed by atoms with van der Waals surface area (Å²) in [5.74, 6) is -1.77. The molecule has 172 valence electrons. The van der Waals surface area contributed by atoms with Crippen LogP contribution in [0.25, 0.3) is 22.4 Å². The van der Waals surface area contributed by atoms with Gasteiger partial charge in [-0.1, -0.05) is 84.9 Å². The number of H-pyrrole nitrogens is 1. The van der Waals surface area contributed by atoms with Gasteiger partial charge < -0.3 is 15.5 Å². The molecule has 1 aromatic heterocycles. The lowest BCUT2D eigenvalue weighted by atomic mass is 9.97. The standard InChI is InChI=1S/C27H25N3O4/c31-25(27(33)34)16-22(15-18-11-13-20(14-12-18)19-7-3-1-4-8-19)28-26(32)24-17-23(29-30-24)21-9-5-2-6-10-21/h1-14,17,22,25,31H,15-16H2,(H,28,32)(H,29,30)(H,33,34)/t22-,25-/m1/s1. The smallest absolute Gasteiger partial charge is 0.332 e. The summed E-state index contributed by atoms with van der Waals surface area (Å²) >= 11 is 0. The van der Waals surface area contributed by atoms with Gasteiger partial charge in [-0.25, -0.2) is 4.79 Å². The summed E-state index contributed by atoms with van der Waals surface area (Å²) in [5.41, 5.74) is 4.84. The summed E-state index contributed by atoms with van der Waals surface area (Å²) in [5, 5.41) is 28.9. The molecule has 0 saturated carbocycles. The second-order valence-electron chi connectivity index (χ2n) is 8.06. The fraction of sp³-hybridized carbons (Fsp3) is 0.148. The molecule has 0 bridgehead atoms. The van der Waals surface area contributed by atoms with E-state index in [1.807, 2.05) is 84.9 Å². The van der Waals surface area contributed by atoms with Crippen molar-refractivity contribution in [2.24, 2.45) is 0 Å². The van der Waals surface area contributed by atoms with Gasteiger partial charge in [-0.2, -0.15) is 5.10 Å². The molecule has 1 heterocycles. The molecule has 4 N–H and O–H groups in total. The Morgan fingerprint density at radius 1 is 0.853 bits per heavy atom. The molecule has 7 heteroatoms. The van der Waals surface area contributed by atoms with Gasteiger partial charge in [0.25, 0.3) is 5.91 Å². The number of nitrogens with zero attached hydrogens (tertiary/aromatic N) is 1. The first kappa shape index (κ1) is 22.9. The van der Waals surface area contributed by atoms with E-state index in [9.17, 15) is 14.7 Å². The van der Waals surface area contributed by atoms with Gasteiger partial charge in [-0.05, 0) is 34.7 Å². The van der Waals surface area contributed by atoms with Crippen molar-refractivity contribution >= 4 is 11.9 Å². The van der Waals surface area contributed by atoms with E-state index >= 15 is 0 Å². The molecule has 0 spiro atoms. The Bertz CT molecular complexity index is 1240. The van der Waals surface area contributed by atoms with Crippen LogP contribution in [-0.2, 0) is 11.2 Å². The van der Waals surface area contributed by atoms with E-state index in [1.165, 1.54) is 0 Å². The number of carboxylic acid groups (broad SMARTS) is 1. The number of aliphatic hydroxyl groups is 1. The van der Waals surface area contributed by atoms with E-state index in [-0.39, 0.29) is 12.1 Å². The Balaban J connectivity index is 1.48. The minimum atomic E-state index is -1.59. The van der Waals surface area contributed by atoms with Crippen molar-refractivity contribution in [1.82, 2.24) is 15.5 Å². The average Bonchev–Trinajstić information content (AvgIpc) is 3.36. The number of aromatic nitrogens is 2. The van der Waals surface area contributed by atoms with E-state index in [1.54, 1.807) is 6.07 Å². The summed E-state index contributed by atoms with van der Waals surface area (Å²) in [6, 6.07) is 28.3. The molecule has 3 aromatic carbocycles. The van der Waals surface area contributed by atoms with Crippen LogP contribution in [0.3, 0.4) is 0 Å². The minimum absolute atomic E-state index is 0.128. The van der Waals surface area contributed by atoms with Crippen LogP contribution in [0.4, 0.5) is 0 Å². The summed E-state index contributed by atoms with van der Waals surface area (Å²) in [4.78, 5) is 24.1. The number of aliphatic hydroxyl groups excluding tert-OH is 1. The van der Waals surface area contributed by atoms with E-state index in [0.29, 0.717) is 12.1 Å². The van der Waals surface area contributed by atoms with Gasteiger partial charge in [0, 0.05) is 12.5 Å². The second kappa shape index (κ2) is 10.6. The highest BCUT2D eigenvalue weighted by Crippen LogP contribution is 2.21. The van der Waals surface area contributed by atoms with Crippen molar-refractivity contribution in [1.29, 1.82) is 0 Å². The topological polar surface area (TPSA) is 115 Å². The van der Waals surface area contributed by atoms with Crippen molar-refractivity contribution in [2.45, 2.75) is 25.0 Å². The maximum absolute atomic E-state index is 12.9. The van der Waals surface area contributed by atoms with Crippen LogP contribution in [0, 0.1) is 0 Å². The van der Waals surface area contributed by atoms with E-state index < -0.39 is 24.0 Å². The Kier molecular flexibility index (Phi) is 7.15. The minimum Gasteiger partial charge on any atom is -0.479 e. The molecule has 0 saturated heterocycles. The zero-order valence-electron chi connectivity index (χ0n) is 18.4. The summed E-state index contributed by atoms with van der Waals surface area (Å²) in [6.45, 7) is 0. The average molecular weight is 456 g/mol. The number of carboxylic acids is 1. The number of aliphatic carboxylic acids is 1. The van der Waals surface area contributed by atoms with Gasteiger partial charge in [-0.3, -0.25) is 9.89 Å². The molecule has 0 aliphatic heterocycles. The first-order valence-corrected chi connectivity index (χ1v) is 11.0. The van der Waals surface area contributed by atoms with Gasteiger partial charge in [-0.15, -0.1) is 0 Å². The molecule has 0 aliphatic rings. The third-order valence-corrected chi connectivity index (χ3v) is 5.57. The highest BCUT2D eigenvalue weighted by Gasteiger charge is 2.23. The zero-order chi connectivity index (χ0) is 23.9. The Hall–Kier alpha value is -4.23. The normalized spacial score (nSPS) is 12.6. The molecule has 0 fully saturated rings. The number of carbonyl (C=O) groups is 2. The van der Waals surface area contributed by atoms with Gasteiger partial charge in [0.1, 0.15) is 0 Å². The van der Waals surface area contributed by atoms with Crippen molar-refractivity contribution in [3.8, 4) is 22.4 Å². The van der Waals surface area contributed by atoms with Crippen LogP contribution < -0.4 is 5.32 Å². The molecule has 7 nitrogen and oxygen atoms in total. The van der Waals surface area contributed by atoms with E-state index in [4.69, 9.17) is 5.11 Å². The van der Waals surface area contributed by atoms with Crippen LogP contribution in [0.15, 0.2) is 91.0 Å². The van der Waals surface area contributed by atoms with Crippen molar-refractivity contribution in [3.63, 3.8) is 0 Å². The zero-order valence-corrected chi connectivity index (χ0v) is 18.4. The molecular formula is C27H25N3O4. The number of aromatic amines is 1. The predicted molar refractivity (Wildman–Crippen MR) is 129 cm³/mol. The largest absolute Gasteiger partial charge is 0.479 e. The van der Waals surface area contributed by atoms with E-state index in [0.717, 1.165) is 22.3 Å². The molecule has 0 unspecified atom stereocenters. The van der Waals surface area contributed by atoms with Crippen molar-refractivity contribution in [2.75, 3.05) is 0 Å². The first-order valence-electron chi connectivity index (χ1n) is 11.0. The molecule has 34 heavy (non-hydrogen) atoms. The molecule has 4 rings (SSSR count). The molecular weight excluding hydrogens is 430 g/mol. The number of hydrogen-bond donors (Lipinski definition) is 4. The lowest BCUT2D eigenvalue weighted by Gasteiger charge is -2.20. The van der Waals surface area contributed by atoms with Gasteiger partial charge in [0.2, 0.25) is 0 Å². The quantitative estimate of drug-likeness (QED) is 0.305. The molecule has 2 atom stereocenters. The predicted octanol–water partition coefficient (Wildman–Crippen LogP) is 3.92. The maximum Gasteiger partial charge on any atom is 0.332 e. The van der Waals surface area contributed by atoms with Crippen molar-refractivity contribution in [3.05, 3.63) is 102 Å². The van der Waals surface area contributed by atoms with E-state index in [2.05, 4.69) is 15.5 Å². The monoisotopic (exact) mass is 455 g/mol. The SMILES string of the molecule is O=C(N[C@H](Cc1ccc(-c2ccccc2)cc1)C[C@@H](O)C(=O)O)c1cc(-c2ccccc2)[nH]n1. The third kappa shape index (κ3) is 5.76. The fourth-order valence-corrected chi connectivity index (χ4v) is 3.77. The van der Waals surface area contributed by atoms with Crippen molar-refractivity contribution < 1.29 is 19.8 Å². The van der Waals surface area contributed by atoms with Crippen LogP contribution in [0.5, 0.6) is 0 Å². The number of rotatable bonds is 9. The summed E-state index contributed by atoms with van der Waals surface area (Å²) in [6.07, 6.45) is -1.36. The summed E-state index contributed by atoms with van der Waals surface area (Å²) < 4.78 is 0. The first-order chi connectivity index (χ1) is 16.5. The number of nitrogens with one attached hydrogen (secondary N) is 2. The maximum atomic E-state index is 12.9. The van der Waals surface area contributed by atoms with Crippen LogP contribution in [0.2, 0.25) is 0 Å². The number of amides is 1. The lowest BCUT2D eigenvalue weighted by molar-refractivity contribution is -0.147. The van der Waals surface area contributed by atoms with Crippen LogP contribution in [-0.4, -0.2) is 44.4 Å². The molecule has 0 radical (unpaired) electrons. The highest BCUT2D eigenvalue weighted by molar-refractivity contribution is 5.93. The van der Waals surface area contributed by atoms with Crippen LogP contribution >= 0.6 is 0 Å². The lowest BCUT2D eigenvalue weighted by Crippen LogP contribution is -2.40. The summed E-state index contributed by atoms with van der Waals surface area (Å²) in [7, 11) is 0. The molecule has 0 aliphatic carbocycles. The molecule has 4 aromatic rings. The number of benzene rings is 3. The molecule has 1 amide bonds. The fourth-order valence-electron chi connectivity index (χ4n) is 3.77.